The lowest BCUT2D eigenvalue weighted by molar-refractivity contribution is -0.142. The summed E-state index contributed by atoms with van der Waals surface area (Å²) in [5, 5.41) is 6.99. The molecular formula is C35H25F3N4O5S2. The van der Waals surface area contributed by atoms with Gasteiger partial charge in [0.15, 0.2) is 0 Å². The summed E-state index contributed by atoms with van der Waals surface area (Å²) in [6, 6.07) is 17.2. The number of benzene rings is 3. The zero-order valence-electron chi connectivity index (χ0n) is 25.5. The van der Waals surface area contributed by atoms with Crippen LogP contribution in [0.4, 0.5) is 18.9 Å². The number of halogens is 3. The molecule has 0 spiro atoms. The van der Waals surface area contributed by atoms with E-state index in [2.05, 4.69) is 20.0 Å². The minimum absolute atomic E-state index is 0.0828. The van der Waals surface area contributed by atoms with Gasteiger partial charge in [0.25, 0.3) is 15.9 Å². The molecule has 0 bridgehead atoms. The predicted molar refractivity (Wildman–Crippen MR) is 179 cm³/mol. The highest BCUT2D eigenvalue weighted by molar-refractivity contribution is 7.92. The number of thiophene rings is 1. The summed E-state index contributed by atoms with van der Waals surface area (Å²) in [7, 11) is -3.21. The lowest BCUT2D eigenvalue weighted by Gasteiger charge is -2.19. The highest BCUT2D eigenvalue weighted by Crippen LogP contribution is 2.32. The van der Waals surface area contributed by atoms with Gasteiger partial charge < -0.3 is 10.1 Å². The molecule has 9 nitrogen and oxygen atoms in total. The number of nitrogens with zero attached hydrogens (tertiary/aromatic N) is 2. The first-order chi connectivity index (χ1) is 23.5. The van der Waals surface area contributed by atoms with E-state index in [0.717, 1.165) is 18.2 Å². The van der Waals surface area contributed by atoms with Crippen molar-refractivity contribution >= 4 is 49.8 Å². The predicted octanol–water partition coefficient (Wildman–Crippen LogP) is 6.76. The molecule has 0 aliphatic rings. The van der Waals surface area contributed by atoms with Crippen LogP contribution >= 0.6 is 11.3 Å². The number of aromatic nitrogens is 2. The highest BCUT2D eigenvalue weighted by Gasteiger charge is 2.28. The molecule has 0 fully saturated rings. The number of fused-ring (bicyclic) bond motifs is 1. The first kappa shape index (κ1) is 33.3. The number of hydrogen-bond acceptors (Lipinski definition) is 8. The molecule has 0 aliphatic carbocycles. The van der Waals surface area contributed by atoms with Gasteiger partial charge in [-0.25, -0.2) is 27.0 Å². The van der Waals surface area contributed by atoms with Crippen molar-refractivity contribution in [2.75, 3.05) is 11.8 Å². The summed E-state index contributed by atoms with van der Waals surface area (Å²) in [5.41, 5.74) is 2.61. The SMILES string of the molecule is COC(=O)[C@H](Cc1ccc(-c2ccsc2)c2ncccc12)NC(=O)c1c(F)cc(NS(=O)(=O)c2ccc(-c3ccnc(F)c3)cc2)cc1F. The number of ether oxygens (including phenoxy) is 1. The van der Waals surface area contributed by atoms with E-state index < -0.39 is 56.8 Å². The van der Waals surface area contributed by atoms with Crippen molar-refractivity contribution in [2.24, 2.45) is 0 Å². The topological polar surface area (TPSA) is 127 Å². The molecule has 248 valence electrons. The summed E-state index contributed by atoms with van der Waals surface area (Å²) in [6.07, 6.45) is 2.82. The second kappa shape index (κ2) is 13.9. The van der Waals surface area contributed by atoms with E-state index in [1.165, 1.54) is 47.9 Å². The van der Waals surface area contributed by atoms with Crippen molar-refractivity contribution in [3.63, 3.8) is 0 Å². The Kier molecular flexibility index (Phi) is 9.42. The Labute approximate surface area is 282 Å². The van der Waals surface area contributed by atoms with Gasteiger partial charge in [0.2, 0.25) is 5.95 Å². The lowest BCUT2D eigenvalue weighted by atomic mass is 9.96. The molecule has 49 heavy (non-hydrogen) atoms. The van der Waals surface area contributed by atoms with E-state index in [0.29, 0.717) is 39.7 Å². The first-order valence-corrected chi connectivity index (χ1v) is 17.0. The molecule has 0 saturated carbocycles. The summed E-state index contributed by atoms with van der Waals surface area (Å²) in [5.74, 6) is -5.55. The zero-order valence-corrected chi connectivity index (χ0v) is 27.1. The van der Waals surface area contributed by atoms with E-state index in [4.69, 9.17) is 4.74 Å². The van der Waals surface area contributed by atoms with Crippen molar-refractivity contribution in [3.8, 4) is 22.3 Å². The molecule has 0 aliphatic heterocycles. The number of amides is 1. The number of pyridine rings is 2. The summed E-state index contributed by atoms with van der Waals surface area (Å²) in [6.45, 7) is 0. The number of esters is 1. The number of carbonyl (C=O) groups is 2. The molecule has 6 aromatic rings. The third-order valence-corrected chi connectivity index (χ3v) is 9.73. The number of carbonyl (C=O) groups excluding carboxylic acids is 2. The van der Waals surface area contributed by atoms with Crippen molar-refractivity contribution < 1.29 is 35.9 Å². The van der Waals surface area contributed by atoms with Gasteiger partial charge in [0, 0.05) is 35.8 Å². The maximum atomic E-state index is 15.3. The summed E-state index contributed by atoms with van der Waals surface area (Å²) < 4.78 is 77.0. The summed E-state index contributed by atoms with van der Waals surface area (Å²) >= 11 is 1.53. The van der Waals surface area contributed by atoms with E-state index in [9.17, 15) is 22.4 Å². The Bertz CT molecular complexity index is 2280. The van der Waals surface area contributed by atoms with E-state index >= 15 is 8.78 Å². The number of methoxy groups -OCH3 is 1. The fourth-order valence-corrected chi connectivity index (χ4v) is 7.01. The van der Waals surface area contributed by atoms with Crippen molar-refractivity contribution in [1.29, 1.82) is 0 Å². The van der Waals surface area contributed by atoms with Gasteiger partial charge in [-0.2, -0.15) is 15.7 Å². The molecule has 0 unspecified atom stereocenters. The lowest BCUT2D eigenvalue weighted by Crippen LogP contribution is -2.43. The molecule has 1 amide bonds. The third-order valence-electron chi connectivity index (χ3n) is 7.65. The minimum atomic E-state index is -4.33. The van der Waals surface area contributed by atoms with E-state index in [1.54, 1.807) is 24.4 Å². The Morgan fingerprint density at radius 2 is 1.63 bits per heavy atom. The molecule has 0 radical (unpaired) electrons. The molecule has 6 rings (SSSR count). The molecule has 1 atom stereocenters. The second-order valence-corrected chi connectivity index (χ2v) is 13.2. The largest absolute Gasteiger partial charge is 0.467 e. The highest BCUT2D eigenvalue weighted by atomic mass is 32.2. The van der Waals surface area contributed by atoms with Gasteiger partial charge in [0.1, 0.15) is 23.2 Å². The number of anilines is 1. The van der Waals surface area contributed by atoms with Crippen molar-refractivity contribution in [2.45, 2.75) is 17.4 Å². The Hall–Kier alpha value is -5.60. The van der Waals surface area contributed by atoms with Crippen LogP contribution in [0.3, 0.4) is 0 Å². The molecule has 3 aromatic heterocycles. The summed E-state index contributed by atoms with van der Waals surface area (Å²) in [4.78, 5) is 33.7. The number of sulfonamides is 1. The van der Waals surface area contributed by atoms with Gasteiger partial charge in [-0.15, -0.1) is 0 Å². The zero-order chi connectivity index (χ0) is 34.7. The number of nitrogens with one attached hydrogen (secondary N) is 2. The van der Waals surface area contributed by atoms with Crippen LogP contribution in [0.25, 0.3) is 33.2 Å². The van der Waals surface area contributed by atoms with Crippen LogP contribution in [0.5, 0.6) is 0 Å². The van der Waals surface area contributed by atoms with Gasteiger partial charge in [-0.1, -0.05) is 30.3 Å². The van der Waals surface area contributed by atoms with Crippen LogP contribution in [0.15, 0.2) is 107 Å². The van der Waals surface area contributed by atoms with Crippen LogP contribution in [-0.2, 0) is 26.0 Å². The van der Waals surface area contributed by atoms with Crippen LogP contribution in [-0.4, -0.2) is 43.4 Å². The fourth-order valence-electron chi connectivity index (χ4n) is 5.32. The average Bonchev–Trinajstić information content (AvgIpc) is 3.62. The molecule has 0 saturated heterocycles. The maximum Gasteiger partial charge on any atom is 0.328 e. The van der Waals surface area contributed by atoms with Gasteiger partial charge in [0.05, 0.1) is 23.2 Å². The van der Waals surface area contributed by atoms with Crippen molar-refractivity contribution in [3.05, 3.63) is 131 Å². The first-order valence-electron chi connectivity index (χ1n) is 14.6. The van der Waals surface area contributed by atoms with E-state index in [1.807, 2.05) is 29.0 Å². The van der Waals surface area contributed by atoms with Crippen LogP contribution < -0.4 is 10.0 Å². The molecule has 3 aromatic carbocycles. The van der Waals surface area contributed by atoms with Crippen LogP contribution in [0.1, 0.15) is 15.9 Å². The van der Waals surface area contributed by atoms with Gasteiger partial charge >= 0.3 is 5.97 Å². The fraction of sp³-hybridized carbons (Fsp3) is 0.0857. The number of hydrogen-bond donors (Lipinski definition) is 2. The maximum absolute atomic E-state index is 15.3. The molecule has 2 N–H and O–H groups in total. The number of rotatable bonds is 10. The minimum Gasteiger partial charge on any atom is -0.467 e. The second-order valence-electron chi connectivity index (χ2n) is 10.7. The molecular weight excluding hydrogens is 678 g/mol. The average molecular weight is 703 g/mol. The van der Waals surface area contributed by atoms with E-state index in [-0.39, 0.29) is 11.3 Å². The quantitative estimate of drug-likeness (QED) is 0.119. The third kappa shape index (κ3) is 7.15. The van der Waals surface area contributed by atoms with Crippen LogP contribution in [0.2, 0.25) is 0 Å². The molecule has 14 heteroatoms. The van der Waals surface area contributed by atoms with Gasteiger partial charge in [-0.3, -0.25) is 14.5 Å². The Balaban J connectivity index is 1.21. The van der Waals surface area contributed by atoms with Crippen molar-refractivity contribution in [1.82, 2.24) is 15.3 Å². The van der Waals surface area contributed by atoms with Crippen LogP contribution in [0, 0.1) is 17.6 Å². The normalized spacial score (nSPS) is 12.0. The molecule has 3 heterocycles. The Morgan fingerprint density at radius 1 is 0.878 bits per heavy atom. The monoisotopic (exact) mass is 702 g/mol. The van der Waals surface area contributed by atoms with Gasteiger partial charge in [-0.05, 0) is 75.5 Å². The smallest absolute Gasteiger partial charge is 0.328 e. The Morgan fingerprint density at radius 3 is 2.31 bits per heavy atom. The standard InChI is InChI=1S/C35H25F3N4O5S2/c1-47-35(44)30(15-22-6-9-27(23-11-14-48-19-23)33-26(22)3-2-12-40-33)41-34(43)32-28(36)17-24(18-29(32)37)42-49(45,46)25-7-4-20(5-8-25)21-10-13-39-31(38)16-21/h2-14,16-19,30,42H,15H2,1H3,(H,41,43)/t30-/m0/s1.